The summed E-state index contributed by atoms with van der Waals surface area (Å²) in [4.78, 5) is 13.9. The third kappa shape index (κ3) is 5.25. The van der Waals surface area contributed by atoms with Crippen molar-refractivity contribution in [3.63, 3.8) is 0 Å². The monoisotopic (exact) mass is 623 g/mol. The molecule has 0 spiro atoms. The van der Waals surface area contributed by atoms with E-state index in [0.29, 0.717) is 36.8 Å². The lowest BCUT2D eigenvalue weighted by molar-refractivity contribution is -0.0544. The minimum Gasteiger partial charge on any atom is -0.471 e. The summed E-state index contributed by atoms with van der Waals surface area (Å²) in [5, 5.41) is 0. The van der Waals surface area contributed by atoms with Crippen LogP contribution >= 0.6 is 0 Å². The predicted molar refractivity (Wildman–Crippen MR) is 169 cm³/mol. The Labute approximate surface area is 256 Å². The largest absolute Gasteiger partial charge is 0.471 e. The molecule has 2 aliphatic heterocycles. The summed E-state index contributed by atoms with van der Waals surface area (Å²) in [6, 6.07) is 10.0. The van der Waals surface area contributed by atoms with Gasteiger partial charge in [-0.3, -0.25) is 8.97 Å². The normalized spacial score (nSPS) is 23.9. The van der Waals surface area contributed by atoms with E-state index in [1.54, 1.807) is 6.20 Å². The Bertz CT molecular complexity index is 1540. The number of benzene rings is 1. The van der Waals surface area contributed by atoms with Gasteiger partial charge in [0.1, 0.15) is 18.9 Å². The standard InChI is InChI=1S/C31H45N5O5Si2/c1-20(2)42(21(3)4)38-18-26-25(40-43(41-42,22(5)6)23(7)8)16-27(39-26)36-19-33-28-29(37-17-24-12-10-9-11-13-24)34-31-32-14-15-35(31)30(28)36/h9-15,19-23,25-27H,16-18H2,1-8H3/t25-,26-,27-/m1/s1. The summed E-state index contributed by atoms with van der Waals surface area (Å²) < 4.78 is 38.6. The molecule has 2 saturated heterocycles. The summed E-state index contributed by atoms with van der Waals surface area (Å²) in [5.74, 6) is 0.994. The first-order valence-electron chi connectivity index (χ1n) is 15.6. The zero-order valence-corrected chi connectivity index (χ0v) is 28.6. The van der Waals surface area contributed by atoms with Crippen LogP contribution in [-0.4, -0.2) is 59.9 Å². The van der Waals surface area contributed by atoms with E-state index in [-0.39, 0.29) is 40.6 Å². The summed E-state index contributed by atoms with van der Waals surface area (Å²) in [5.41, 5.74) is 3.62. The van der Waals surface area contributed by atoms with E-state index >= 15 is 0 Å². The van der Waals surface area contributed by atoms with E-state index in [1.807, 2.05) is 47.3 Å². The molecular weight excluding hydrogens is 579 g/mol. The molecule has 2 fully saturated rings. The number of hydrogen-bond donors (Lipinski definition) is 0. The van der Waals surface area contributed by atoms with Gasteiger partial charge in [0.05, 0.1) is 19.0 Å². The van der Waals surface area contributed by atoms with E-state index in [0.717, 1.165) is 11.2 Å². The lowest BCUT2D eigenvalue weighted by Crippen LogP contribution is -2.65. The molecule has 3 aromatic heterocycles. The average molecular weight is 624 g/mol. The highest BCUT2D eigenvalue weighted by Crippen LogP contribution is 2.48. The smallest absolute Gasteiger partial charge is 0.335 e. The maximum absolute atomic E-state index is 7.36. The zero-order chi connectivity index (χ0) is 30.5. The maximum Gasteiger partial charge on any atom is 0.335 e. The SMILES string of the molecule is CC(C)[Si]1(C(C)C)OC[C@H]2O[C@@H](n3cnc4c(OCc5ccccc5)nc5nccn5c43)C[C@H]2O[Si](C(C)C)(C(C)C)O1. The van der Waals surface area contributed by atoms with Crippen molar-refractivity contribution in [3.05, 3.63) is 54.6 Å². The van der Waals surface area contributed by atoms with Crippen molar-refractivity contribution < 1.29 is 22.4 Å². The highest BCUT2D eigenvalue weighted by molar-refractivity contribution is 6.83. The molecule has 232 valence electrons. The summed E-state index contributed by atoms with van der Waals surface area (Å²) >= 11 is 0. The molecule has 6 rings (SSSR count). The van der Waals surface area contributed by atoms with Crippen molar-refractivity contribution in [3.8, 4) is 5.88 Å². The Morgan fingerprint density at radius 1 is 0.907 bits per heavy atom. The number of aromatic nitrogens is 5. The molecule has 1 aromatic carbocycles. The van der Waals surface area contributed by atoms with Crippen LogP contribution in [0.2, 0.25) is 22.2 Å². The van der Waals surface area contributed by atoms with Crippen LogP contribution in [0.15, 0.2) is 49.1 Å². The molecule has 10 nitrogen and oxygen atoms in total. The van der Waals surface area contributed by atoms with Crippen LogP contribution in [0.3, 0.4) is 0 Å². The van der Waals surface area contributed by atoms with E-state index < -0.39 is 17.1 Å². The zero-order valence-electron chi connectivity index (χ0n) is 26.6. The van der Waals surface area contributed by atoms with Gasteiger partial charge >= 0.3 is 17.1 Å². The molecule has 0 aliphatic carbocycles. The first-order valence-corrected chi connectivity index (χ1v) is 19.5. The molecule has 0 unspecified atom stereocenters. The van der Waals surface area contributed by atoms with Gasteiger partial charge in [0.25, 0.3) is 0 Å². The van der Waals surface area contributed by atoms with Crippen molar-refractivity contribution in [1.82, 2.24) is 23.9 Å². The van der Waals surface area contributed by atoms with Gasteiger partial charge in [0.15, 0.2) is 11.2 Å². The summed E-state index contributed by atoms with van der Waals surface area (Å²) in [7, 11) is -5.38. The first-order chi connectivity index (χ1) is 20.6. The van der Waals surface area contributed by atoms with Gasteiger partial charge < -0.3 is 22.4 Å². The number of imidazole rings is 2. The molecule has 2 aliphatic rings. The molecule has 0 amide bonds. The van der Waals surface area contributed by atoms with Gasteiger partial charge in [-0.1, -0.05) is 85.7 Å². The van der Waals surface area contributed by atoms with Crippen LogP contribution in [0.1, 0.15) is 73.6 Å². The van der Waals surface area contributed by atoms with Crippen molar-refractivity contribution in [1.29, 1.82) is 0 Å². The highest BCUT2D eigenvalue weighted by Gasteiger charge is 2.60. The predicted octanol–water partition coefficient (Wildman–Crippen LogP) is 6.90. The molecule has 3 atom stereocenters. The van der Waals surface area contributed by atoms with Crippen LogP contribution < -0.4 is 4.74 Å². The molecule has 0 bridgehead atoms. The summed E-state index contributed by atoms with van der Waals surface area (Å²) in [6.45, 7) is 18.8. The molecule has 0 saturated carbocycles. The molecular formula is C31H45N5O5Si2. The van der Waals surface area contributed by atoms with E-state index in [1.165, 1.54) is 0 Å². The topological polar surface area (TPSA) is 94.2 Å². The minimum absolute atomic E-state index is 0.154. The van der Waals surface area contributed by atoms with E-state index in [9.17, 15) is 0 Å². The van der Waals surface area contributed by atoms with Crippen molar-refractivity contribution >= 4 is 34.1 Å². The third-order valence-corrected chi connectivity index (χ3v) is 19.4. The molecule has 5 heterocycles. The van der Waals surface area contributed by atoms with Crippen LogP contribution in [0.5, 0.6) is 5.88 Å². The van der Waals surface area contributed by atoms with Gasteiger partial charge in [0, 0.05) is 18.8 Å². The molecule has 12 heteroatoms. The van der Waals surface area contributed by atoms with Gasteiger partial charge in [0.2, 0.25) is 11.7 Å². The molecule has 0 N–H and O–H groups in total. The van der Waals surface area contributed by atoms with Crippen LogP contribution in [0.4, 0.5) is 0 Å². The van der Waals surface area contributed by atoms with Crippen molar-refractivity contribution in [2.75, 3.05) is 6.61 Å². The fourth-order valence-corrected chi connectivity index (χ4v) is 18.0. The Balaban J connectivity index is 1.36. The maximum atomic E-state index is 7.36. The van der Waals surface area contributed by atoms with Gasteiger partial charge in [-0.15, -0.1) is 0 Å². The second-order valence-electron chi connectivity index (χ2n) is 13.1. The Hall–Kier alpha value is -2.62. The number of hydrogen-bond acceptors (Lipinski definition) is 8. The lowest BCUT2D eigenvalue weighted by atomic mass is 10.2. The van der Waals surface area contributed by atoms with Crippen molar-refractivity contribution in [2.45, 2.75) is 109 Å². The Morgan fingerprint density at radius 2 is 1.60 bits per heavy atom. The van der Waals surface area contributed by atoms with Crippen LogP contribution in [0, 0.1) is 0 Å². The molecule has 4 aromatic rings. The fraction of sp³-hybridized carbons (Fsp3) is 0.581. The lowest BCUT2D eigenvalue weighted by Gasteiger charge is -2.51. The summed E-state index contributed by atoms with van der Waals surface area (Å²) in [6.07, 6.45) is 5.44. The van der Waals surface area contributed by atoms with Gasteiger partial charge in [-0.25, -0.2) is 9.97 Å². The Kier molecular flexibility index (Phi) is 8.28. The number of nitrogens with zero attached hydrogens (tertiary/aromatic N) is 5. The molecule has 43 heavy (non-hydrogen) atoms. The van der Waals surface area contributed by atoms with Crippen LogP contribution in [0.25, 0.3) is 16.9 Å². The van der Waals surface area contributed by atoms with E-state index in [2.05, 4.69) is 69.9 Å². The molecule has 0 radical (unpaired) electrons. The fourth-order valence-electron chi connectivity index (χ4n) is 6.78. The quantitative estimate of drug-likeness (QED) is 0.196. The third-order valence-electron chi connectivity index (χ3n) is 9.08. The highest BCUT2D eigenvalue weighted by atomic mass is 28.5. The number of rotatable bonds is 8. The average Bonchev–Trinajstić information content (AvgIpc) is 3.70. The second kappa shape index (κ2) is 11.7. The first kappa shape index (κ1) is 30.4. The van der Waals surface area contributed by atoms with Crippen LogP contribution in [-0.2, 0) is 24.3 Å². The van der Waals surface area contributed by atoms with Gasteiger partial charge in [-0.2, -0.15) is 4.98 Å². The minimum atomic E-state index is -2.73. The Morgan fingerprint density at radius 3 is 2.28 bits per heavy atom. The number of fused-ring (bicyclic) bond motifs is 4. The van der Waals surface area contributed by atoms with Crippen molar-refractivity contribution in [2.24, 2.45) is 0 Å². The van der Waals surface area contributed by atoms with Gasteiger partial charge in [-0.05, 0) is 27.7 Å². The second-order valence-corrected chi connectivity index (χ2v) is 22.0. The van der Waals surface area contributed by atoms with E-state index in [4.69, 9.17) is 27.4 Å². The number of ether oxygens (including phenoxy) is 2.